The molecule has 6 heteroatoms. The van der Waals surface area contributed by atoms with Crippen molar-refractivity contribution in [2.24, 2.45) is 0 Å². The fourth-order valence-electron chi connectivity index (χ4n) is 2.91. The van der Waals surface area contributed by atoms with Gasteiger partial charge in [0.2, 0.25) is 0 Å². The van der Waals surface area contributed by atoms with Gasteiger partial charge >= 0.3 is 5.97 Å². The third-order valence-corrected chi connectivity index (χ3v) is 4.08. The van der Waals surface area contributed by atoms with Gasteiger partial charge in [-0.3, -0.25) is 4.79 Å². The fourth-order valence-corrected chi connectivity index (χ4v) is 2.91. The highest BCUT2D eigenvalue weighted by atomic mass is 16.5. The van der Waals surface area contributed by atoms with Crippen molar-refractivity contribution in [3.05, 3.63) is 47.8 Å². The van der Waals surface area contributed by atoms with Crippen LogP contribution in [0.2, 0.25) is 0 Å². The second-order valence-electron chi connectivity index (χ2n) is 5.90. The lowest BCUT2D eigenvalue weighted by Crippen LogP contribution is -2.21. The number of aromatic amines is 1. The van der Waals surface area contributed by atoms with Crippen molar-refractivity contribution in [1.29, 1.82) is 0 Å². The molecule has 126 valence electrons. The zero-order chi connectivity index (χ0) is 16.9. The molecule has 0 saturated carbocycles. The summed E-state index contributed by atoms with van der Waals surface area (Å²) in [5.41, 5.74) is 3.37. The smallest absolute Gasteiger partial charge is 0.355 e. The number of aryl methyl sites for hydroxylation is 1. The van der Waals surface area contributed by atoms with Gasteiger partial charge in [0.15, 0.2) is 6.61 Å². The number of rotatable bonds is 5. The van der Waals surface area contributed by atoms with Crippen LogP contribution >= 0.6 is 0 Å². The summed E-state index contributed by atoms with van der Waals surface area (Å²) in [5.74, 6) is -0.904. The maximum absolute atomic E-state index is 11.9. The van der Waals surface area contributed by atoms with E-state index >= 15 is 0 Å². The number of nitrogens with zero attached hydrogens (tertiary/aromatic N) is 1. The summed E-state index contributed by atoms with van der Waals surface area (Å²) in [6.45, 7) is 3.89. The topological polar surface area (TPSA) is 74.4 Å². The minimum absolute atomic E-state index is 0.315. The molecule has 1 aromatic heterocycles. The fraction of sp³-hybridized carbons (Fsp3) is 0.333. The largest absolute Gasteiger partial charge is 0.451 e. The van der Waals surface area contributed by atoms with Crippen LogP contribution in [0.4, 0.5) is 11.4 Å². The molecule has 0 unspecified atom stereocenters. The molecule has 0 atom stereocenters. The summed E-state index contributed by atoms with van der Waals surface area (Å²) in [5, 5.41) is 2.76. The summed E-state index contributed by atoms with van der Waals surface area (Å²) in [6.07, 6.45) is 4.08. The van der Waals surface area contributed by atoms with Gasteiger partial charge in [-0.1, -0.05) is 0 Å². The first-order valence-corrected chi connectivity index (χ1v) is 8.09. The lowest BCUT2D eigenvalue weighted by atomic mass is 10.1. The third kappa shape index (κ3) is 3.76. The number of benzene rings is 1. The third-order valence-electron chi connectivity index (χ3n) is 4.08. The molecule has 1 aliphatic heterocycles. The second-order valence-corrected chi connectivity index (χ2v) is 5.90. The summed E-state index contributed by atoms with van der Waals surface area (Å²) in [7, 11) is 0. The van der Waals surface area contributed by atoms with Crippen molar-refractivity contribution in [2.75, 3.05) is 29.9 Å². The van der Waals surface area contributed by atoms with Crippen LogP contribution in [0.25, 0.3) is 0 Å². The lowest BCUT2D eigenvalue weighted by molar-refractivity contribution is -0.119. The van der Waals surface area contributed by atoms with Gasteiger partial charge in [-0.05, 0) is 55.7 Å². The van der Waals surface area contributed by atoms with Crippen molar-refractivity contribution in [1.82, 2.24) is 4.98 Å². The molecule has 1 fully saturated rings. The molecule has 1 aromatic carbocycles. The van der Waals surface area contributed by atoms with Crippen LogP contribution in [0.5, 0.6) is 0 Å². The van der Waals surface area contributed by atoms with E-state index in [1.54, 1.807) is 18.3 Å². The molecule has 2 heterocycles. The summed E-state index contributed by atoms with van der Waals surface area (Å²) in [4.78, 5) is 28.7. The van der Waals surface area contributed by atoms with E-state index in [0.717, 1.165) is 18.7 Å². The molecule has 3 rings (SSSR count). The van der Waals surface area contributed by atoms with Crippen LogP contribution in [-0.4, -0.2) is 36.6 Å². The predicted molar refractivity (Wildman–Crippen MR) is 92.3 cm³/mol. The van der Waals surface area contributed by atoms with E-state index in [1.165, 1.54) is 18.5 Å². The predicted octanol–water partition coefficient (Wildman–Crippen LogP) is 2.72. The zero-order valence-electron chi connectivity index (χ0n) is 13.7. The average molecular weight is 327 g/mol. The Bertz CT molecular complexity index is 719. The van der Waals surface area contributed by atoms with Crippen molar-refractivity contribution in [3.63, 3.8) is 0 Å². The molecule has 0 aliphatic carbocycles. The number of nitrogens with one attached hydrogen (secondary N) is 2. The number of H-pyrrole nitrogens is 1. The zero-order valence-corrected chi connectivity index (χ0v) is 13.7. The molecule has 6 nitrogen and oxygen atoms in total. The summed E-state index contributed by atoms with van der Waals surface area (Å²) >= 11 is 0. The number of carbonyl (C=O) groups is 2. The van der Waals surface area contributed by atoms with Crippen molar-refractivity contribution >= 4 is 23.3 Å². The Morgan fingerprint density at radius 3 is 2.71 bits per heavy atom. The van der Waals surface area contributed by atoms with Crippen LogP contribution in [0.15, 0.2) is 36.5 Å². The van der Waals surface area contributed by atoms with E-state index in [9.17, 15) is 9.59 Å². The Balaban J connectivity index is 1.54. The van der Waals surface area contributed by atoms with Crippen LogP contribution in [0.3, 0.4) is 0 Å². The van der Waals surface area contributed by atoms with Crippen LogP contribution in [0.1, 0.15) is 28.9 Å². The number of amides is 1. The van der Waals surface area contributed by atoms with Crippen LogP contribution in [0, 0.1) is 6.92 Å². The quantitative estimate of drug-likeness (QED) is 0.828. The van der Waals surface area contributed by atoms with Gasteiger partial charge in [-0.2, -0.15) is 0 Å². The minimum Gasteiger partial charge on any atom is -0.451 e. The molecular weight excluding hydrogens is 306 g/mol. The Labute approximate surface area is 140 Å². The normalized spacial score (nSPS) is 13.8. The van der Waals surface area contributed by atoms with Gasteiger partial charge in [-0.15, -0.1) is 0 Å². The maximum atomic E-state index is 11.9. The number of aromatic nitrogens is 1. The Morgan fingerprint density at radius 1 is 1.25 bits per heavy atom. The highest BCUT2D eigenvalue weighted by molar-refractivity contribution is 5.95. The maximum Gasteiger partial charge on any atom is 0.355 e. The average Bonchev–Trinajstić information content (AvgIpc) is 3.26. The van der Waals surface area contributed by atoms with E-state index < -0.39 is 5.97 Å². The SMILES string of the molecule is Cc1cc(NC(=O)COC(=O)c2ccc[nH]2)ccc1N1CCCC1. The standard InChI is InChI=1S/C18H21N3O3/c1-13-11-14(6-7-16(13)21-9-2-3-10-21)20-17(22)12-24-18(23)15-5-4-8-19-15/h4-8,11,19H,2-3,9-10,12H2,1H3,(H,20,22). The number of ether oxygens (including phenoxy) is 1. The van der Waals surface area contributed by atoms with Crippen LogP contribution < -0.4 is 10.2 Å². The Morgan fingerprint density at radius 2 is 2.04 bits per heavy atom. The van der Waals surface area contributed by atoms with Gasteiger partial charge in [0.1, 0.15) is 5.69 Å². The first-order chi connectivity index (χ1) is 11.6. The second kappa shape index (κ2) is 7.21. The van der Waals surface area contributed by atoms with E-state index in [1.807, 2.05) is 25.1 Å². The van der Waals surface area contributed by atoms with E-state index in [0.29, 0.717) is 11.4 Å². The number of esters is 1. The van der Waals surface area contributed by atoms with Gasteiger partial charge in [0, 0.05) is 30.7 Å². The molecule has 0 bridgehead atoms. The molecule has 0 radical (unpaired) electrons. The molecule has 1 aliphatic rings. The van der Waals surface area contributed by atoms with Gasteiger partial charge < -0.3 is 19.9 Å². The van der Waals surface area contributed by atoms with Crippen LogP contribution in [-0.2, 0) is 9.53 Å². The van der Waals surface area contributed by atoms with E-state index in [4.69, 9.17) is 4.74 Å². The summed E-state index contributed by atoms with van der Waals surface area (Å²) < 4.78 is 4.97. The highest BCUT2D eigenvalue weighted by Crippen LogP contribution is 2.26. The first kappa shape index (κ1) is 16.1. The number of anilines is 2. The van der Waals surface area contributed by atoms with E-state index in [-0.39, 0.29) is 12.5 Å². The van der Waals surface area contributed by atoms with Gasteiger partial charge in [-0.25, -0.2) is 4.79 Å². The van der Waals surface area contributed by atoms with Gasteiger partial charge in [0.05, 0.1) is 0 Å². The van der Waals surface area contributed by atoms with Crippen molar-refractivity contribution in [3.8, 4) is 0 Å². The first-order valence-electron chi connectivity index (χ1n) is 8.09. The molecule has 2 aromatic rings. The monoisotopic (exact) mass is 327 g/mol. The number of hydrogen-bond acceptors (Lipinski definition) is 4. The summed E-state index contributed by atoms with van der Waals surface area (Å²) in [6, 6.07) is 9.15. The Kier molecular flexibility index (Phi) is 4.84. The number of hydrogen-bond donors (Lipinski definition) is 2. The molecule has 1 saturated heterocycles. The molecular formula is C18H21N3O3. The van der Waals surface area contributed by atoms with Gasteiger partial charge in [0.25, 0.3) is 5.91 Å². The molecule has 0 spiro atoms. The van der Waals surface area contributed by atoms with E-state index in [2.05, 4.69) is 15.2 Å². The highest BCUT2D eigenvalue weighted by Gasteiger charge is 2.15. The molecule has 1 amide bonds. The Hall–Kier alpha value is -2.76. The molecule has 24 heavy (non-hydrogen) atoms. The molecule has 2 N–H and O–H groups in total. The lowest BCUT2D eigenvalue weighted by Gasteiger charge is -2.20. The number of carbonyl (C=O) groups excluding carboxylic acids is 2. The van der Waals surface area contributed by atoms with Crippen molar-refractivity contribution < 1.29 is 14.3 Å². The minimum atomic E-state index is -0.546. The van der Waals surface area contributed by atoms with Crippen molar-refractivity contribution in [2.45, 2.75) is 19.8 Å².